The highest BCUT2D eigenvalue weighted by Crippen LogP contribution is 2.37. The summed E-state index contributed by atoms with van der Waals surface area (Å²) in [7, 11) is 1.24. The van der Waals surface area contributed by atoms with Gasteiger partial charge in [-0.3, -0.25) is 0 Å². The first-order valence-corrected chi connectivity index (χ1v) is 6.88. The quantitative estimate of drug-likeness (QED) is 0.689. The molecule has 1 heterocycles. The van der Waals surface area contributed by atoms with E-state index in [4.69, 9.17) is 9.47 Å². The number of fused-ring (bicyclic) bond motifs is 1. The highest BCUT2D eigenvalue weighted by atomic mass is 16.7. The highest BCUT2D eigenvalue weighted by molar-refractivity contribution is 5.68. The zero-order chi connectivity index (χ0) is 15.7. The van der Waals surface area contributed by atoms with E-state index in [0.717, 1.165) is 5.56 Å². The average Bonchev–Trinajstić information content (AvgIpc) is 2.99. The molecule has 1 aliphatic carbocycles. The topological polar surface area (TPSA) is 97.3 Å². The summed E-state index contributed by atoms with van der Waals surface area (Å²) in [5.74, 6) is 0.942. The zero-order valence-electron chi connectivity index (χ0n) is 11.9. The minimum atomic E-state index is -1.14. The molecule has 0 radical (unpaired) electrons. The Balaban J connectivity index is 1.91. The number of aliphatic hydroxyl groups is 2. The van der Waals surface area contributed by atoms with Gasteiger partial charge in [0.2, 0.25) is 6.79 Å². The molecule has 4 atom stereocenters. The van der Waals surface area contributed by atoms with Crippen molar-refractivity contribution in [3.63, 3.8) is 0 Å². The lowest BCUT2D eigenvalue weighted by Crippen LogP contribution is -2.52. The Bertz CT molecular complexity index is 602. The van der Waals surface area contributed by atoms with Gasteiger partial charge in [0.25, 0.3) is 0 Å². The van der Waals surface area contributed by atoms with Crippen LogP contribution in [-0.2, 0) is 4.74 Å². The fraction of sp³-hybridized carbons (Fsp3) is 0.400. The number of carbonyl (C=O) groups excluding carboxylic acids is 1. The second-order valence-corrected chi connectivity index (χ2v) is 5.17. The first-order chi connectivity index (χ1) is 10.6. The third-order valence-corrected chi connectivity index (χ3v) is 3.87. The van der Waals surface area contributed by atoms with Crippen molar-refractivity contribution >= 4 is 6.09 Å². The van der Waals surface area contributed by atoms with Crippen molar-refractivity contribution < 1.29 is 29.2 Å². The van der Waals surface area contributed by atoms with Crippen molar-refractivity contribution in [1.29, 1.82) is 0 Å². The van der Waals surface area contributed by atoms with Crippen LogP contribution in [0.3, 0.4) is 0 Å². The first-order valence-electron chi connectivity index (χ1n) is 6.88. The van der Waals surface area contributed by atoms with E-state index in [-0.39, 0.29) is 12.7 Å². The molecule has 0 fully saturated rings. The van der Waals surface area contributed by atoms with E-state index < -0.39 is 24.3 Å². The van der Waals surface area contributed by atoms with Crippen LogP contribution in [0.1, 0.15) is 11.5 Å². The Morgan fingerprint density at radius 2 is 2.05 bits per heavy atom. The standard InChI is InChI=1S/C15H17NO6/c1-20-15(19)16-13-9(3-4-10(17)14(13)18)8-2-5-11-12(6-8)22-7-21-11/h2-6,9-10,13-14,17-18H,7H2,1H3,(H,16,19)/t9-,10-,13-,14-/m0/s1. The predicted molar refractivity (Wildman–Crippen MR) is 75.8 cm³/mol. The van der Waals surface area contributed by atoms with Gasteiger partial charge in [-0.25, -0.2) is 4.79 Å². The number of benzene rings is 1. The second kappa shape index (κ2) is 5.86. The molecule has 0 saturated heterocycles. The van der Waals surface area contributed by atoms with Crippen LogP contribution >= 0.6 is 0 Å². The van der Waals surface area contributed by atoms with Crippen molar-refractivity contribution in [1.82, 2.24) is 5.32 Å². The molecule has 0 bridgehead atoms. The summed E-state index contributed by atoms with van der Waals surface area (Å²) in [5.41, 5.74) is 0.827. The van der Waals surface area contributed by atoms with Gasteiger partial charge < -0.3 is 29.7 Å². The summed E-state index contributed by atoms with van der Waals surface area (Å²) >= 11 is 0. The number of carbonyl (C=O) groups is 1. The van der Waals surface area contributed by atoms with E-state index in [0.29, 0.717) is 11.5 Å². The Labute approximate surface area is 127 Å². The molecule has 118 valence electrons. The first kappa shape index (κ1) is 14.7. The molecule has 3 rings (SSSR count). The fourth-order valence-electron chi connectivity index (χ4n) is 2.70. The normalized spacial score (nSPS) is 29.2. The van der Waals surface area contributed by atoms with Crippen molar-refractivity contribution in [2.45, 2.75) is 24.2 Å². The molecule has 0 aromatic heterocycles. The Kier molecular flexibility index (Phi) is 3.91. The predicted octanol–water partition coefficient (Wildman–Crippen LogP) is 0.515. The number of methoxy groups -OCH3 is 1. The molecule has 22 heavy (non-hydrogen) atoms. The maximum absolute atomic E-state index is 11.5. The molecule has 0 unspecified atom stereocenters. The molecule has 7 heteroatoms. The van der Waals surface area contributed by atoms with E-state index in [1.807, 2.05) is 6.07 Å². The van der Waals surface area contributed by atoms with Crippen molar-refractivity contribution in [3.8, 4) is 11.5 Å². The second-order valence-electron chi connectivity index (χ2n) is 5.17. The number of hydrogen-bond donors (Lipinski definition) is 3. The number of aliphatic hydroxyl groups excluding tert-OH is 2. The zero-order valence-corrected chi connectivity index (χ0v) is 11.9. The summed E-state index contributed by atoms with van der Waals surface area (Å²) in [6.45, 7) is 0.171. The lowest BCUT2D eigenvalue weighted by Gasteiger charge is -2.35. The van der Waals surface area contributed by atoms with E-state index in [2.05, 4.69) is 10.1 Å². The summed E-state index contributed by atoms with van der Waals surface area (Å²) < 4.78 is 15.2. The number of hydrogen-bond acceptors (Lipinski definition) is 6. The molecule has 0 saturated carbocycles. The van der Waals surface area contributed by atoms with Crippen LogP contribution in [0.2, 0.25) is 0 Å². The van der Waals surface area contributed by atoms with Crippen molar-refractivity contribution in [2.75, 3.05) is 13.9 Å². The monoisotopic (exact) mass is 307 g/mol. The fourth-order valence-corrected chi connectivity index (χ4v) is 2.70. The minimum Gasteiger partial charge on any atom is -0.454 e. The van der Waals surface area contributed by atoms with Gasteiger partial charge in [0.05, 0.1) is 13.2 Å². The van der Waals surface area contributed by atoms with Crippen LogP contribution < -0.4 is 14.8 Å². The highest BCUT2D eigenvalue weighted by Gasteiger charge is 2.37. The van der Waals surface area contributed by atoms with Crippen LogP contribution in [0.25, 0.3) is 0 Å². The smallest absolute Gasteiger partial charge is 0.407 e. The average molecular weight is 307 g/mol. The third-order valence-electron chi connectivity index (χ3n) is 3.87. The van der Waals surface area contributed by atoms with Gasteiger partial charge in [-0.1, -0.05) is 18.2 Å². The number of amides is 1. The van der Waals surface area contributed by atoms with Crippen molar-refractivity contribution in [2.24, 2.45) is 0 Å². The van der Waals surface area contributed by atoms with Gasteiger partial charge in [-0.2, -0.15) is 0 Å². The summed E-state index contributed by atoms with van der Waals surface area (Å²) in [5, 5.41) is 22.5. The number of alkyl carbamates (subject to hydrolysis) is 1. The molecule has 0 spiro atoms. The molecular formula is C15H17NO6. The van der Waals surface area contributed by atoms with Gasteiger partial charge in [-0.15, -0.1) is 0 Å². The summed E-state index contributed by atoms with van der Waals surface area (Å²) in [6, 6.07) is 4.69. The van der Waals surface area contributed by atoms with Crippen LogP contribution in [0.15, 0.2) is 30.4 Å². The SMILES string of the molecule is COC(=O)N[C@@H]1[C@@H](O)[C@@H](O)C=C[C@H]1c1ccc2c(c1)OCO2. The van der Waals surface area contributed by atoms with Crippen LogP contribution in [-0.4, -0.2) is 48.5 Å². The molecule has 3 N–H and O–H groups in total. The molecular weight excluding hydrogens is 290 g/mol. The van der Waals surface area contributed by atoms with Crippen molar-refractivity contribution in [3.05, 3.63) is 35.9 Å². The van der Waals surface area contributed by atoms with Gasteiger partial charge in [0.15, 0.2) is 11.5 Å². The third kappa shape index (κ3) is 2.60. The van der Waals surface area contributed by atoms with E-state index in [1.165, 1.54) is 13.2 Å². The number of rotatable bonds is 2. The molecule has 2 aliphatic rings. The van der Waals surface area contributed by atoms with Crippen LogP contribution in [0.5, 0.6) is 11.5 Å². The van der Waals surface area contributed by atoms with E-state index in [1.54, 1.807) is 18.2 Å². The largest absolute Gasteiger partial charge is 0.454 e. The van der Waals surface area contributed by atoms with Gasteiger partial charge in [-0.05, 0) is 17.7 Å². The van der Waals surface area contributed by atoms with Gasteiger partial charge in [0, 0.05) is 5.92 Å². The molecule has 1 aromatic carbocycles. The molecule has 1 aromatic rings. The molecule has 7 nitrogen and oxygen atoms in total. The number of nitrogens with one attached hydrogen (secondary N) is 1. The minimum absolute atomic E-state index is 0.171. The lowest BCUT2D eigenvalue weighted by molar-refractivity contribution is 0.0120. The Morgan fingerprint density at radius 3 is 2.82 bits per heavy atom. The molecule has 1 aliphatic heterocycles. The number of ether oxygens (including phenoxy) is 3. The van der Waals surface area contributed by atoms with E-state index in [9.17, 15) is 15.0 Å². The molecule has 1 amide bonds. The van der Waals surface area contributed by atoms with Gasteiger partial charge in [0.1, 0.15) is 12.2 Å². The maximum Gasteiger partial charge on any atom is 0.407 e. The summed E-state index contributed by atoms with van der Waals surface area (Å²) in [6.07, 6.45) is 0.398. The summed E-state index contributed by atoms with van der Waals surface area (Å²) in [4.78, 5) is 11.5. The Hall–Kier alpha value is -2.25. The Morgan fingerprint density at radius 1 is 1.27 bits per heavy atom. The van der Waals surface area contributed by atoms with Crippen LogP contribution in [0.4, 0.5) is 4.79 Å². The van der Waals surface area contributed by atoms with Gasteiger partial charge >= 0.3 is 6.09 Å². The maximum atomic E-state index is 11.5. The van der Waals surface area contributed by atoms with Crippen LogP contribution in [0, 0.1) is 0 Å². The van der Waals surface area contributed by atoms with E-state index >= 15 is 0 Å². The lowest BCUT2D eigenvalue weighted by atomic mass is 9.81.